The summed E-state index contributed by atoms with van der Waals surface area (Å²) in [5.41, 5.74) is 0.360. The van der Waals surface area contributed by atoms with Crippen molar-refractivity contribution >= 4 is 27.3 Å². The molecule has 0 aliphatic heterocycles. The van der Waals surface area contributed by atoms with Gasteiger partial charge in [-0.25, -0.2) is 17.2 Å². The van der Waals surface area contributed by atoms with Crippen LogP contribution in [-0.4, -0.2) is 32.0 Å². The molecule has 0 spiro atoms. The van der Waals surface area contributed by atoms with Gasteiger partial charge in [0.25, 0.3) is 0 Å². The summed E-state index contributed by atoms with van der Waals surface area (Å²) < 4.78 is 51.0. The van der Waals surface area contributed by atoms with Crippen LogP contribution in [0, 0.1) is 11.6 Å². The van der Waals surface area contributed by atoms with Crippen molar-refractivity contribution in [2.75, 3.05) is 12.8 Å². The molecular weight excluding hydrogens is 372 g/mol. The zero-order valence-corrected chi connectivity index (χ0v) is 15.1. The quantitative estimate of drug-likeness (QED) is 0.787. The Morgan fingerprint density at radius 2 is 1.72 bits per heavy atom. The van der Waals surface area contributed by atoms with Gasteiger partial charge in [-0.2, -0.15) is 0 Å². The molecule has 1 unspecified atom stereocenters. The summed E-state index contributed by atoms with van der Waals surface area (Å²) in [5.74, 6) is -3.42. The van der Waals surface area contributed by atoms with E-state index in [0.29, 0.717) is 10.6 Å². The van der Waals surface area contributed by atoms with Gasteiger partial charge in [-0.3, -0.25) is 4.79 Å². The van der Waals surface area contributed by atoms with E-state index in [-0.39, 0.29) is 4.90 Å². The molecule has 1 amide bonds. The minimum Gasteiger partial charge on any atom is -0.338 e. The molecule has 25 heavy (non-hydrogen) atoms. The van der Waals surface area contributed by atoms with Crippen LogP contribution in [0.4, 0.5) is 8.78 Å². The lowest BCUT2D eigenvalue weighted by atomic mass is 10.1. The first kappa shape index (κ1) is 19.3. The highest BCUT2D eigenvalue weighted by Crippen LogP contribution is 2.22. The molecule has 0 aliphatic carbocycles. The van der Waals surface area contributed by atoms with Crippen LogP contribution >= 0.6 is 11.6 Å². The highest BCUT2D eigenvalue weighted by atomic mass is 35.5. The van der Waals surface area contributed by atoms with E-state index < -0.39 is 39.2 Å². The van der Waals surface area contributed by atoms with Crippen molar-refractivity contribution in [3.63, 3.8) is 0 Å². The fraction of sp³-hybridized carbons (Fsp3) is 0.235. The smallest absolute Gasteiger partial charge is 0.238 e. The van der Waals surface area contributed by atoms with Gasteiger partial charge in [-0.1, -0.05) is 17.7 Å². The molecular formula is C17H16ClF2NO3S. The summed E-state index contributed by atoms with van der Waals surface area (Å²) in [6.45, 7) is 1.60. The molecule has 0 saturated carbocycles. The van der Waals surface area contributed by atoms with Crippen LogP contribution in [0.3, 0.4) is 0 Å². The maximum Gasteiger partial charge on any atom is 0.238 e. The minimum atomic E-state index is -3.84. The first-order valence-corrected chi connectivity index (χ1v) is 9.34. The SMILES string of the molecule is CC(c1ccc(F)c(F)c1)N(C)C(=O)CS(=O)(=O)c1ccc(Cl)cc1. The number of benzene rings is 2. The van der Waals surface area contributed by atoms with Crippen molar-refractivity contribution < 1.29 is 22.0 Å². The molecule has 2 aromatic carbocycles. The average Bonchev–Trinajstić information content (AvgIpc) is 2.56. The number of amides is 1. The number of carbonyl (C=O) groups is 1. The molecule has 2 aromatic rings. The van der Waals surface area contributed by atoms with Crippen molar-refractivity contribution in [2.45, 2.75) is 17.9 Å². The van der Waals surface area contributed by atoms with Crippen molar-refractivity contribution in [3.8, 4) is 0 Å². The van der Waals surface area contributed by atoms with E-state index in [1.54, 1.807) is 6.92 Å². The Kier molecular flexibility index (Phi) is 5.80. The van der Waals surface area contributed by atoms with Gasteiger partial charge in [0.15, 0.2) is 21.5 Å². The number of rotatable bonds is 5. The Morgan fingerprint density at radius 1 is 1.12 bits per heavy atom. The third-order valence-corrected chi connectivity index (χ3v) is 5.76. The molecule has 4 nitrogen and oxygen atoms in total. The normalized spacial score (nSPS) is 12.7. The fourth-order valence-electron chi connectivity index (χ4n) is 2.20. The predicted octanol–water partition coefficient (Wildman–Crippen LogP) is 3.61. The molecule has 134 valence electrons. The summed E-state index contributed by atoms with van der Waals surface area (Å²) >= 11 is 5.72. The maximum absolute atomic E-state index is 13.3. The third kappa shape index (κ3) is 4.55. The Morgan fingerprint density at radius 3 is 2.28 bits per heavy atom. The summed E-state index contributed by atoms with van der Waals surface area (Å²) in [4.78, 5) is 13.5. The molecule has 0 heterocycles. The number of nitrogens with zero attached hydrogens (tertiary/aromatic N) is 1. The second kappa shape index (κ2) is 7.49. The molecule has 2 rings (SSSR count). The van der Waals surface area contributed by atoms with Crippen LogP contribution in [0.2, 0.25) is 5.02 Å². The van der Waals surface area contributed by atoms with E-state index in [9.17, 15) is 22.0 Å². The largest absolute Gasteiger partial charge is 0.338 e. The molecule has 8 heteroatoms. The molecule has 1 atom stereocenters. The molecule has 0 aromatic heterocycles. The molecule has 0 N–H and O–H groups in total. The van der Waals surface area contributed by atoms with E-state index in [2.05, 4.69) is 0 Å². The zero-order chi connectivity index (χ0) is 18.8. The van der Waals surface area contributed by atoms with Gasteiger partial charge < -0.3 is 4.90 Å². The second-order valence-corrected chi connectivity index (χ2v) is 7.99. The van der Waals surface area contributed by atoms with E-state index >= 15 is 0 Å². The second-order valence-electron chi connectivity index (χ2n) is 5.57. The van der Waals surface area contributed by atoms with Gasteiger partial charge in [0, 0.05) is 12.1 Å². The van der Waals surface area contributed by atoms with E-state index in [0.717, 1.165) is 12.1 Å². The lowest BCUT2D eigenvalue weighted by Gasteiger charge is -2.25. The Balaban J connectivity index is 2.16. The van der Waals surface area contributed by atoms with Crippen LogP contribution in [0.25, 0.3) is 0 Å². The van der Waals surface area contributed by atoms with Crippen LogP contribution in [0.5, 0.6) is 0 Å². The van der Waals surface area contributed by atoms with Gasteiger partial charge in [-0.15, -0.1) is 0 Å². The highest BCUT2D eigenvalue weighted by Gasteiger charge is 2.25. The average molecular weight is 388 g/mol. The monoisotopic (exact) mass is 387 g/mol. The lowest BCUT2D eigenvalue weighted by molar-refractivity contribution is -0.129. The Labute approximate surface area is 149 Å². The number of sulfone groups is 1. The number of carbonyl (C=O) groups excluding carboxylic acids is 1. The molecule has 0 bridgehead atoms. The van der Waals surface area contributed by atoms with Gasteiger partial charge in [-0.05, 0) is 48.9 Å². The van der Waals surface area contributed by atoms with E-state index in [1.165, 1.54) is 42.3 Å². The first-order valence-electron chi connectivity index (χ1n) is 7.31. The summed E-state index contributed by atoms with van der Waals surface area (Å²) in [7, 11) is -2.43. The third-order valence-electron chi connectivity index (χ3n) is 3.89. The van der Waals surface area contributed by atoms with Crippen molar-refractivity contribution in [3.05, 3.63) is 64.7 Å². The van der Waals surface area contributed by atoms with E-state index in [1.807, 2.05) is 0 Å². The van der Waals surface area contributed by atoms with Crippen LogP contribution in [0.1, 0.15) is 18.5 Å². The number of hydrogen-bond donors (Lipinski definition) is 0. The summed E-state index contributed by atoms with van der Waals surface area (Å²) in [6.07, 6.45) is 0. The van der Waals surface area contributed by atoms with Crippen LogP contribution < -0.4 is 0 Å². The topological polar surface area (TPSA) is 54.5 Å². The maximum atomic E-state index is 13.3. The van der Waals surface area contributed by atoms with E-state index in [4.69, 9.17) is 11.6 Å². The molecule has 0 aliphatic rings. The standard InChI is InChI=1S/C17H16ClF2NO3S/c1-11(12-3-8-15(19)16(20)9-12)21(2)17(22)10-25(23,24)14-6-4-13(18)5-7-14/h3-9,11H,10H2,1-2H3. The van der Waals surface area contributed by atoms with Crippen LogP contribution in [-0.2, 0) is 14.6 Å². The summed E-state index contributed by atoms with van der Waals surface area (Å²) in [6, 6.07) is 8.16. The van der Waals surface area contributed by atoms with Crippen molar-refractivity contribution in [1.29, 1.82) is 0 Å². The van der Waals surface area contributed by atoms with Gasteiger partial charge in [0.05, 0.1) is 10.9 Å². The molecule has 0 radical (unpaired) electrons. The van der Waals surface area contributed by atoms with Gasteiger partial charge >= 0.3 is 0 Å². The molecule has 0 saturated heterocycles. The van der Waals surface area contributed by atoms with Crippen molar-refractivity contribution in [1.82, 2.24) is 4.90 Å². The summed E-state index contributed by atoms with van der Waals surface area (Å²) in [5, 5.41) is 0.384. The van der Waals surface area contributed by atoms with Crippen LogP contribution in [0.15, 0.2) is 47.4 Å². The molecule has 0 fully saturated rings. The fourth-order valence-corrected chi connectivity index (χ4v) is 3.57. The predicted molar refractivity (Wildman–Crippen MR) is 91.0 cm³/mol. The number of halogens is 3. The highest BCUT2D eigenvalue weighted by molar-refractivity contribution is 7.92. The van der Waals surface area contributed by atoms with Gasteiger partial charge in [0.2, 0.25) is 5.91 Å². The Bertz CT molecular complexity index is 885. The lowest BCUT2D eigenvalue weighted by Crippen LogP contribution is -2.34. The van der Waals surface area contributed by atoms with Gasteiger partial charge in [0.1, 0.15) is 5.75 Å². The zero-order valence-electron chi connectivity index (χ0n) is 13.5. The first-order chi connectivity index (χ1) is 11.6. The number of hydrogen-bond acceptors (Lipinski definition) is 3. The van der Waals surface area contributed by atoms with Crippen molar-refractivity contribution in [2.24, 2.45) is 0 Å². The minimum absolute atomic E-state index is 0.0147. The Hall–Kier alpha value is -1.99.